The Morgan fingerprint density at radius 3 is 2.36 bits per heavy atom. The molecule has 0 fully saturated rings. The average molecular weight is 209 g/mol. The monoisotopic (exact) mass is 209 g/mol. The van der Waals surface area contributed by atoms with Crippen molar-refractivity contribution in [3.8, 4) is 0 Å². The fraction of sp³-hybridized carbons (Fsp3) is 0.300. The lowest BCUT2D eigenvalue weighted by molar-refractivity contribution is 0.505. The third-order valence-electron chi connectivity index (χ3n) is 1.31. The maximum Gasteiger partial charge on any atom is 0.181 e. The Balaban J connectivity index is 0.000000213. The van der Waals surface area contributed by atoms with Crippen molar-refractivity contribution in [2.75, 3.05) is 26.9 Å². The van der Waals surface area contributed by atoms with Gasteiger partial charge in [-0.3, -0.25) is 0 Å². The third kappa shape index (κ3) is 3.32. The summed E-state index contributed by atoms with van der Waals surface area (Å²) in [5, 5.41) is 0.640. The molecule has 76 valence electrons. The molecule has 1 aromatic heterocycles. The van der Waals surface area contributed by atoms with Crippen molar-refractivity contribution in [1.82, 2.24) is 9.88 Å². The summed E-state index contributed by atoms with van der Waals surface area (Å²) < 4.78 is 1.15. The van der Waals surface area contributed by atoms with E-state index in [0.717, 1.165) is 10.2 Å². The molecule has 14 heavy (non-hydrogen) atoms. The second-order valence-electron chi connectivity index (χ2n) is 3.36. The van der Waals surface area contributed by atoms with Crippen LogP contribution in [0, 0.1) is 0 Å². The standard InChI is InChI=1S/C7H6N2S.C3H9N/c8-7-9-5-3-1-2-4-6(5)10-7;1-4(2)3/h1-4H,(H2,8,9);1-3H3. The third-order valence-corrected chi connectivity index (χ3v) is 2.18. The van der Waals surface area contributed by atoms with E-state index in [1.54, 1.807) is 0 Å². The fourth-order valence-electron chi connectivity index (χ4n) is 0.890. The zero-order valence-electron chi connectivity index (χ0n) is 8.69. The molecule has 2 rings (SSSR count). The molecular weight excluding hydrogens is 194 g/mol. The van der Waals surface area contributed by atoms with Gasteiger partial charge in [0, 0.05) is 0 Å². The maximum atomic E-state index is 5.50. The minimum atomic E-state index is 0.640. The highest BCUT2D eigenvalue weighted by atomic mass is 32.1. The van der Waals surface area contributed by atoms with Crippen LogP contribution in [0.1, 0.15) is 0 Å². The van der Waals surface area contributed by atoms with E-state index in [1.165, 1.54) is 11.3 Å². The number of hydrogen-bond acceptors (Lipinski definition) is 4. The lowest BCUT2D eigenvalue weighted by atomic mass is 10.3. The number of nitrogens with two attached hydrogens (primary N) is 1. The summed E-state index contributed by atoms with van der Waals surface area (Å²) in [6, 6.07) is 7.92. The predicted molar refractivity (Wildman–Crippen MR) is 63.6 cm³/mol. The number of anilines is 1. The Morgan fingerprint density at radius 1 is 1.21 bits per heavy atom. The number of rotatable bonds is 0. The molecule has 0 aliphatic rings. The second-order valence-corrected chi connectivity index (χ2v) is 4.42. The molecule has 0 amide bonds. The van der Waals surface area contributed by atoms with Gasteiger partial charge >= 0.3 is 0 Å². The van der Waals surface area contributed by atoms with Crippen LogP contribution in [0.2, 0.25) is 0 Å². The second kappa shape index (κ2) is 4.93. The summed E-state index contributed by atoms with van der Waals surface area (Å²) in [5.74, 6) is 0. The molecule has 3 nitrogen and oxygen atoms in total. The molecule has 0 unspecified atom stereocenters. The van der Waals surface area contributed by atoms with Crippen LogP contribution < -0.4 is 5.73 Å². The van der Waals surface area contributed by atoms with Gasteiger partial charge in [-0.15, -0.1) is 0 Å². The van der Waals surface area contributed by atoms with Crippen LogP contribution in [0.4, 0.5) is 5.13 Å². The number of aromatic nitrogens is 1. The Hall–Kier alpha value is -1.13. The molecule has 0 aliphatic heterocycles. The fourth-order valence-corrected chi connectivity index (χ4v) is 1.62. The molecule has 0 aliphatic carbocycles. The number of para-hydroxylation sites is 1. The summed E-state index contributed by atoms with van der Waals surface area (Å²) in [6.07, 6.45) is 0. The van der Waals surface area contributed by atoms with Crippen LogP contribution in [0.3, 0.4) is 0 Å². The first kappa shape index (κ1) is 10.9. The van der Waals surface area contributed by atoms with Crippen molar-refractivity contribution in [3.63, 3.8) is 0 Å². The molecule has 0 saturated carbocycles. The number of benzene rings is 1. The zero-order chi connectivity index (χ0) is 10.6. The highest BCUT2D eigenvalue weighted by Gasteiger charge is 1.96. The van der Waals surface area contributed by atoms with Crippen LogP contribution in [0.25, 0.3) is 10.2 Å². The summed E-state index contributed by atoms with van der Waals surface area (Å²) in [5.41, 5.74) is 6.49. The lowest BCUT2D eigenvalue weighted by Gasteiger charge is -1.90. The van der Waals surface area contributed by atoms with Gasteiger partial charge in [-0.1, -0.05) is 23.5 Å². The Labute approximate surface area is 88.2 Å². The molecule has 1 heterocycles. The average Bonchev–Trinajstić information content (AvgIpc) is 2.42. The van der Waals surface area contributed by atoms with Crippen molar-refractivity contribution < 1.29 is 0 Å². The Morgan fingerprint density at radius 2 is 1.79 bits per heavy atom. The van der Waals surface area contributed by atoms with Crippen molar-refractivity contribution >= 4 is 26.7 Å². The van der Waals surface area contributed by atoms with Gasteiger partial charge in [0.2, 0.25) is 0 Å². The van der Waals surface area contributed by atoms with Crippen molar-refractivity contribution in [1.29, 1.82) is 0 Å². The molecule has 1 aromatic carbocycles. The van der Waals surface area contributed by atoms with Crippen molar-refractivity contribution in [3.05, 3.63) is 24.3 Å². The number of fused-ring (bicyclic) bond motifs is 1. The summed E-state index contributed by atoms with van der Waals surface area (Å²) in [6.45, 7) is 0. The van der Waals surface area contributed by atoms with Crippen molar-refractivity contribution in [2.24, 2.45) is 0 Å². The molecule has 0 saturated heterocycles. The van der Waals surface area contributed by atoms with Gasteiger partial charge in [0.15, 0.2) is 5.13 Å². The lowest BCUT2D eigenvalue weighted by Crippen LogP contribution is -1.99. The first-order valence-corrected chi connectivity index (χ1v) is 5.13. The topological polar surface area (TPSA) is 42.1 Å². The van der Waals surface area contributed by atoms with E-state index >= 15 is 0 Å². The molecular formula is C10H15N3S. The number of hydrogen-bond donors (Lipinski definition) is 1. The van der Waals surface area contributed by atoms with Crippen LogP contribution in [-0.2, 0) is 0 Å². The first-order chi connectivity index (χ1) is 6.59. The number of nitrogen functional groups attached to an aromatic ring is 1. The van der Waals surface area contributed by atoms with Gasteiger partial charge in [0.1, 0.15) is 0 Å². The van der Waals surface area contributed by atoms with Crippen LogP contribution in [0.5, 0.6) is 0 Å². The largest absolute Gasteiger partial charge is 0.375 e. The van der Waals surface area contributed by atoms with Crippen molar-refractivity contribution in [2.45, 2.75) is 0 Å². The van der Waals surface area contributed by atoms with Gasteiger partial charge in [0.25, 0.3) is 0 Å². The first-order valence-electron chi connectivity index (χ1n) is 4.31. The van der Waals surface area contributed by atoms with E-state index < -0.39 is 0 Å². The van der Waals surface area contributed by atoms with E-state index in [2.05, 4.69) is 4.98 Å². The minimum Gasteiger partial charge on any atom is -0.375 e. The SMILES string of the molecule is CN(C)C.Nc1nc2ccccc2s1. The number of thiazole rings is 1. The number of nitrogens with zero attached hydrogens (tertiary/aromatic N) is 2. The van der Waals surface area contributed by atoms with Crippen LogP contribution in [0.15, 0.2) is 24.3 Å². The summed E-state index contributed by atoms with van der Waals surface area (Å²) in [4.78, 5) is 6.11. The van der Waals surface area contributed by atoms with Gasteiger partial charge in [-0.2, -0.15) is 0 Å². The highest BCUT2D eigenvalue weighted by Crippen LogP contribution is 2.22. The molecule has 4 heteroatoms. The minimum absolute atomic E-state index is 0.640. The molecule has 0 spiro atoms. The zero-order valence-corrected chi connectivity index (χ0v) is 9.51. The summed E-state index contributed by atoms with van der Waals surface area (Å²) in [7, 11) is 6.00. The molecule has 0 radical (unpaired) electrons. The molecule has 0 bridgehead atoms. The van der Waals surface area contributed by atoms with Gasteiger partial charge in [-0.25, -0.2) is 4.98 Å². The maximum absolute atomic E-state index is 5.50. The van der Waals surface area contributed by atoms with Gasteiger partial charge in [-0.05, 0) is 33.3 Å². The van der Waals surface area contributed by atoms with E-state index in [4.69, 9.17) is 5.73 Å². The summed E-state index contributed by atoms with van der Waals surface area (Å²) >= 11 is 1.52. The highest BCUT2D eigenvalue weighted by molar-refractivity contribution is 7.22. The smallest absolute Gasteiger partial charge is 0.181 e. The van der Waals surface area contributed by atoms with Gasteiger partial charge < -0.3 is 10.6 Å². The molecule has 2 N–H and O–H groups in total. The van der Waals surface area contributed by atoms with E-state index in [-0.39, 0.29) is 0 Å². The van der Waals surface area contributed by atoms with E-state index in [0.29, 0.717) is 5.13 Å². The molecule has 2 aromatic rings. The predicted octanol–water partition coefficient (Wildman–Crippen LogP) is 2.06. The Kier molecular flexibility index (Phi) is 3.85. The Bertz CT molecular complexity index is 359. The van der Waals surface area contributed by atoms with Gasteiger partial charge in [0.05, 0.1) is 10.2 Å². The van der Waals surface area contributed by atoms with E-state index in [1.807, 2.05) is 50.3 Å². The quantitative estimate of drug-likeness (QED) is 0.722. The normalized spacial score (nSPS) is 10.0. The van der Waals surface area contributed by atoms with E-state index in [9.17, 15) is 0 Å². The molecule has 0 atom stereocenters. The van der Waals surface area contributed by atoms with Crippen LogP contribution >= 0.6 is 11.3 Å². The van der Waals surface area contributed by atoms with Crippen LogP contribution in [-0.4, -0.2) is 31.0 Å².